The van der Waals surface area contributed by atoms with E-state index in [1.807, 2.05) is 0 Å². The lowest BCUT2D eigenvalue weighted by atomic mass is 10.3. The lowest BCUT2D eigenvalue weighted by molar-refractivity contribution is 0.602. The van der Waals surface area contributed by atoms with Crippen LogP contribution in [0.2, 0.25) is 0 Å². The van der Waals surface area contributed by atoms with Crippen LogP contribution >= 0.6 is 0 Å². The molecule has 1 saturated heterocycles. The van der Waals surface area contributed by atoms with Crippen molar-refractivity contribution < 1.29 is 17.0 Å². The van der Waals surface area contributed by atoms with Gasteiger partial charge in [-0.25, -0.2) is 12.8 Å². The van der Waals surface area contributed by atoms with Gasteiger partial charge in [-0.2, -0.15) is 0 Å². The average molecular weight is 277 g/mol. The summed E-state index contributed by atoms with van der Waals surface area (Å²) >= 11 is 0. The van der Waals surface area contributed by atoms with Crippen LogP contribution in [0.5, 0.6) is 0 Å². The second-order valence-corrected chi connectivity index (χ2v) is 7.97. The highest BCUT2D eigenvalue weighted by Gasteiger charge is 2.32. The molecule has 0 saturated carbocycles. The van der Waals surface area contributed by atoms with E-state index in [9.17, 15) is 17.0 Å². The van der Waals surface area contributed by atoms with E-state index in [0.29, 0.717) is 11.3 Å². The van der Waals surface area contributed by atoms with Gasteiger partial charge in [0.1, 0.15) is 5.82 Å². The van der Waals surface area contributed by atoms with Crippen LogP contribution in [0.4, 0.5) is 10.1 Å². The van der Waals surface area contributed by atoms with E-state index in [4.69, 9.17) is 5.73 Å². The Kier molecular flexibility index (Phi) is 3.22. The fourth-order valence-electron chi connectivity index (χ4n) is 1.76. The van der Waals surface area contributed by atoms with Crippen molar-refractivity contribution in [1.82, 2.24) is 0 Å². The predicted molar refractivity (Wildman–Crippen MR) is 64.3 cm³/mol. The Labute approximate surface area is 101 Å². The third-order valence-electron chi connectivity index (χ3n) is 2.70. The minimum Gasteiger partial charge on any atom is -0.396 e. The van der Waals surface area contributed by atoms with Gasteiger partial charge in [0.2, 0.25) is 0 Å². The Hall–Kier alpha value is -0.950. The number of halogens is 1. The summed E-state index contributed by atoms with van der Waals surface area (Å²) in [6.07, 6.45) is 0.362. The zero-order chi connectivity index (χ0) is 12.6. The van der Waals surface area contributed by atoms with Gasteiger partial charge in [0.15, 0.2) is 9.84 Å². The lowest BCUT2D eigenvalue weighted by Crippen LogP contribution is -2.17. The topological polar surface area (TPSA) is 77.2 Å². The first-order valence-corrected chi connectivity index (χ1v) is 8.08. The summed E-state index contributed by atoms with van der Waals surface area (Å²) in [6.45, 7) is 0. The van der Waals surface area contributed by atoms with Crippen LogP contribution in [0.25, 0.3) is 0 Å². The standard InChI is InChI=1S/C10H12FNO3S2/c11-9-5-7(1-2-10(9)12)16(13)8-3-4-17(14,15)6-8/h1-2,5,8H,3-4,6,12H2. The van der Waals surface area contributed by atoms with Crippen molar-refractivity contribution in [3.63, 3.8) is 0 Å². The van der Waals surface area contributed by atoms with E-state index in [1.165, 1.54) is 12.1 Å². The number of hydrogen-bond acceptors (Lipinski definition) is 4. The van der Waals surface area contributed by atoms with Gasteiger partial charge in [-0.1, -0.05) is 0 Å². The monoisotopic (exact) mass is 277 g/mol. The molecule has 0 spiro atoms. The largest absolute Gasteiger partial charge is 0.396 e. The van der Waals surface area contributed by atoms with Crippen LogP contribution in [-0.2, 0) is 20.6 Å². The third-order valence-corrected chi connectivity index (χ3v) is 6.40. The van der Waals surface area contributed by atoms with E-state index in [1.54, 1.807) is 0 Å². The Morgan fingerprint density at radius 2 is 2.12 bits per heavy atom. The summed E-state index contributed by atoms with van der Waals surface area (Å²) in [5.41, 5.74) is 5.31. The van der Waals surface area contributed by atoms with E-state index in [-0.39, 0.29) is 17.2 Å². The first-order valence-electron chi connectivity index (χ1n) is 5.05. The van der Waals surface area contributed by atoms with E-state index < -0.39 is 31.7 Å². The molecule has 0 aromatic heterocycles. The zero-order valence-electron chi connectivity index (χ0n) is 8.93. The Balaban J connectivity index is 2.23. The summed E-state index contributed by atoms with van der Waals surface area (Å²) in [6, 6.07) is 3.92. The normalized spacial score (nSPS) is 24.6. The summed E-state index contributed by atoms with van der Waals surface area (Å²) in [7, 11) is -4.58. The van der Waals surface area contributed by atoms with Crippen molar-refractivity contribution >= 4 is 26.3 Å². The molecule has 94 valence electrons. The van der Waals surface area contributed by atoms with Crippen LogP contribution in [0.15, 0.2) is 23.1 Å². The molecule has 4 nitrogen and oxygen atoms in total. The molecule has 0 aliphatic carbocycles. The molecule has 1 aliphatic heterocycles. The summed E-state index contributed by atoms with van der Waals surface area (Å²) in [4.78, 5) is 0.291. The number of nitrogens with two attached hydrogens (primary N) is 1. The predicted octanol–water partition coefficient (Wildman–Crippen LogP) is 0.703. The highest BCUT2D eigenvalue weighted by atomic mass is 32.2. The number of anilines is 1. The summed E-state index contributed by atoms with van der Waals surface area (Å²) < 4.78 is 47.8. The van der Waals surface area contributed by atoms with Gasteiger partial charge in [0, 0.05) is 4.90 Å². The molecule has 7 heteroatoms. The quantitative estimate of drug-likeness (QED) is 0.807. The smallest absolute Gasteiger partial charge is 0.151 e. The molecule has 2 rings (SSSR count). The van der Waals surface area contributed by atoms with Crippen molar-refractivity contribution in [1.29, 1.82) is 0 Å². The number of hydrogen-bond donors (Lipinski definition) is 1. The van der Waals surface area contributed by atoms with Crippen molar-refractivity contribution in [3.8, 4) is 0 Å². The van der Waals surface area contributed by atoms with Crippen LogP contribution in [0, 0.1) is 5.82 Å². The maximum absolute atomic E-state index is 13.2. The molecular formula is C10H12FNO3S2. The number of sulfone groups is 1. The molecule has 2 atom stereocenters. The van der Waals surface area contributed by atoms with Crippen LogP contribution < -0.4 is 5.73 Å². The van der Waals surface area contributed by atoms with Crippen molar-refractivity contribution in [2.75, 3.05) is 17.2 Å². The lowest BCUT2D eigenvalue weighted by Gasteiger charge is -2.08. The third kappa shape index (κ3) is 2.66. The highest BCUT2D eigenvalue weighted by molar-refractivity contribution is 7.94. The van der Waals surface area contributed by atoms with Crippen LogP contribution in [0.1, 0.15) is 6.42 Å². The minimum absolute atomic E-state index is 0.00945. The van der Waals surface area contributed by atoms with Gasteiger partial charge in [0.25, 0.3) is 0 Å². The van der Waals surface area contributed by atoms with Gasteiger partial charge < -0.3 is 5.73 Å². The van der Waals surface area contributed by atoms with Gasteiger partial charge in [-0.3, -0.25) is 4.21 Å². The second kappa shape index (κ2) is 4.38. The first kappa shape index (κ1) is 12.5. The Morgan fingerprint density at radius 1 is 1.41 bits per heavy atom. The molecule has 2 unspecified atom stereocenters. The molecule has 0 bridgehead atoms. The Bertz CT molecular complexity index is 571. The van der Waals surface area contributed by atoms with E-state index >= 15 is 0 Å². The highest BCUT2D eigenvalue weighted by Crippen LogP contribution is 2.23. The number of rotatable bonds is 2. The summed E-state index contributed by atoms with van der Waals surface area (Å²) in [5, 5.41) is -0.442. The van der Waals surface area contributed by atoms with Gasteiger partial charge in [-0.05, 0) is 24.6 Å². The fourth-order valence-corrected chi connectivity index (χ4v) is 5.70. The first-order chi connectivity index (χ1) is 7.89. The van der Waals surface area contributed by atoms with Crippen molar-refractivity contribution in [2.24, 2.45) is 0 Å². The van der Waals surface area contributed by atoms with Gasteiger partial charge in [0.05, 0.1) is 33.2 Å². The molecule has 2 N–H and O–H groups in total. The van der Waals surface area contributed by atoms with E-state index in [0.717, 1.165) is 6.07 Å². The second-order valence-electron chi connectivity index (χ2n) is 4.01. The van der Waals surface area contributed by atoms with Gasteiger partial charge in [-0.15, -0.1) is 0 Å². The number of benzene rings is 1. The minimum atomic E-state index is -3.08. The molecule has 17 heavy (non-hydrogen) atoms. The van der Waals surface area contributed by atoms with Crippen LogP contribution in [-0.4, -0.2) is 29.4 Å². The molecule has 1 aliphatic rings. The molecule has 0 radical (unpaired) electrons. The SMILES string of the molecule is Nc1ccc(S(=O)C2CCS(=O)(=O)C2)cc1F. The molecule has 1 aromatic carbocycles. The Morgan fingerprint density at radius 3 is 2.65 bits per heavy atom. The maximum atomic E-state index is 13.2. The molecule has 1 heterocycles. The molecule has 1 fully saturated rings. The fraction of sp³-hybridized carbons (Fsp3) is 0.400. The van der Waals surface area contributed by atoms with E-state index in [2.05, 4.69) is 0 Å². The van der Waals surface area contributed by atoms with Gasteiger partial charge >= 0.3 is 0 Å². The summed E-state index contributed by atoms with van der Waals surface area (Å²) in [5.74, 6) is -0.663. The van der Waals surface area contributed by atoms with Crippen molar-refractivity contribution in [3.05, 3.63) is 24.0 Å². The molecular weight excluding hydrogens is 265 g/mol. The number of nitrogen functional groups attached to an aromatic ring is 1. The average Bonchev–Trinajstić information content (AvgIpc) is 2.62. The molecule has 1 aromatic rings. The maximum Gasteiger partial charge on any atom is 0.151 e. The van der Waals surface area contributed by atoms with Crippen molar-refractivity contribution in [2.45, 2.75) is 16.6 Å². The molecule has 0 amide bonds. The van der Waals surface area contributed by atoms with Crippen LogP contribution in [0.3, 0.4) is 0 Å². The zero-order valence-corrected chi connectivity index (χ0v) is 10.6.